The van der Waals surface area contributed by atoms with Crippen molar-refractivity contribution in [2.75, 3.05) is 6.54 Å². The number of carbonyl (C=O) groups is 1. The van der Waals surface area contributed by atoms with Crippen LogP contribution >= 0.6 is 23.2 Å². The van der Waals surface area contributed by atoms with Gasteiger partial charge in [-0.3, -0.25) is 9.59 Å². The standard InChI is InChI=1S/C19H15Cl2N3O2/c20-15-6-4-13(5-7-15)17-8-9-18(25)24(23-17)11-10-22-19(26)14-2-1-3-16(21)12-14/h1-9,12H,10-11H2,(H,22,26). The molecule has 26 heavy (non-hydrogen) atoms. The first-order chi connectivity index (χ1) is 12.5. The van der Waals surface area contributed by atoms with Gasteiger partial charge in [-0.15, -0.1) is 0 Å². The third kappa shape index (κ3) is 4.50. The maximum atomic E-state index is 12.1. The minimum absolute atomic E-state index is 0.236. The van der Waals surface area contributed by atoms with Gasteiger partial charge in [0.2, 0.25) is 0 Å². The second-order valence-electron chi connectivity index (χ2n) is 5.55. The molecule has 0 radical (unpaired) electrons. The van der Waals surface area contributed by atoms with Crippen molar-refractivity contribution >= 4 is 29.1 Å². The molecule has 132 valence electrons. The zero-order valence-corrected chi connectivity index (χ0v) is 15.2. The molecule has 5 nitrogen and oxygen atoms in total. The van der Waals surface area contributed by atoms with Gasteiger partial charge in [0.25, 0.3) is 11.5 Å². The van der Waals surface area contributed by atoms with Crippen LogP contribution in [0.5, 0.6) is 0 Å². The quantitative estimate of drug-likeness (QED) is 0.726. The molecule has 0 saturated heterocycles. The number of benzene rings is 2. The van der Waals surface area contributed by atoms with Crippen molar-refractivity contribution in [3.8, 4) is 11.3 Å². The summed E-state index contributed by atoms with van der Waals surface area (Å²) in [6.45, 7) is 0.523. The van der Waals surface area contributed by atoms with Crippen LogP contribution in [0.3, 0.4) is 0 Å². The lowest BCUT2D eigenvalue weighted by Gasteiger charge is -2.09. The summed E-state index contributed by atoms with van der Waals surface area (Å²) in [6.07, 6.45) is 0. The van der Waals surface area contributed by atoms with Crippen LogP contribution in [0.15, 0.2) is 65.5 Å². The number of aromatic nitrogens is 2. The van der Waals surface area contributed by atoms with Crippen molar-refractivity contribution in [3.05, 3.63) is 86.6 Å². The Morgan fingerprint density at radius 2 is 1.77 bits per heavy atom. The fourth-order valence-electron chi connectivity index (χ4n) is 2.39. The molecule has 0 fully saturated rings. The minimum atomic E-state index is -0.255. The van der Waals surface area contributed by atoms with Crippen molar-refractivity contribution in [2.24, 2.45) is 0 Å². The van der Waals surface area contributed by atoms with E-state index in [9.17, 15) is 9.59 Å². The molecule has 0 aliphatic carbocycles. The second kappa shape index (κ2) is 8.17. The molecular weight excluding hydrogens is 373 g/mol. The summed E-state index contributed by atoms with van der Waals surface area (Å²) in [5.41, 5.74) is 1.74. The summed E-state index contributed by atoms with van der Waals surface area (Å²) in [7, 11) is 0. The van der Waals surface area contributed by atoms with Crippen LogP contribution in [-0.2, 0) is 6.54 Å². The summed E-state index contributed by atoms with van der Waals surface area (Å²) in [6, 6.07) is 17.0. The van der Waals surface area contributed by atoms with E-state index in [0.29, 0.717) is 21.3 Å². The van der Waals surface area contributed by atoms with Crippen LogP contribution in [0.1, 0.15) is 10.4 Å². The summed E-state index contributed by atoms with van der Waals surface area (Å²) in [5.74, 6) is -0.255. The zero-order valence-electron chi connectivity index (χ0n) is 13.7. The van der Waals surface area contributed by atoms with Gasteiger partial charge in [-0.1, -0.05) is 41.4 Å². The van der Waals surface area contributed by atoms with E-state index in [-0.39, 0.29) is 24.6 Å². The van der Waals surface area contributed by atoms with Crippen molar-refractivity contribution in [3.63, 3.8) is 0 Å². The third-order valence-electron chi connectivity index (χ3n) is 3.70. The Bertz CT molecular complexity index is 985. The maximum absolute atomic E-state index is 12.1. The largest absolute Gasteiger partial charge is 0.350 e. The van der Waals surface area contributed by atoms with Crippen LogP contribution in [0.4, 0.5) is 0 Å². The predicted octanol–water partition coefficient (Wildman–Crippen LogP) is 3.65. The Morgan fingerprint density at radius 1 is 1.00 bits per heavy atom. The van der Waals surface area contributed by atoms with E-state index in [1.54, 1.807) is 42.5 Å². The first kappa shape index (κ1) is 18.2. The SMILES string of the molecule is O=C(NCCn1nc(-c2ccc(Cl)cc2)ccc1=O)c1cccc(Cl)c1. The first-order valence-electron chi connectivity index (χ1n) is 7.91. The summed E-state index contributed by atoms with van der Waals surface area (Å²) < 4.78 is 1.32. The highest BCUT2D eigenvalue weighted by atomic mass is 35.5. The monoisotopic (exact) mass is 387 g/mol. The fourth-order valence-corrected chi connectivity index (χ4v) is 2.71. The van der Waals surface area contributed by atoms with Gasteiger partial charge in [0.1, 0.15) is 0 Å². The molecule has 1 N–H and O–H groups in total. The first-order valence-corrected chi connectivity index (χ1v) is 8.66. The number of halogens is 2. The number of nitrogens with zero attached hydrogens (tertiary/aromatic N) is 2. The molecule has 0 saturated carbocycles. The van der Waals surface area contributed by atoms with Gasteiger partial charge >= 0.3 is 0 Å². The summed E-state index contributed by atoms with van der Waals surface area (Å²) in [5, 5.41) is 8.22. The fraction of sp³-hybridized carbons (Fsp3) is 0.105. The minimum Gasteiger partial charge on any atom is -0.350 e. The molecule has 0 aliphatic rings. The van der Waals surface area contributed by atoms with E-state index in [1.807, 2.05) is 12.1 Å². The van der Waals surface area contributed by atoms with E-state index in [4.69, 9.17) is 23.2 Å². The third-order valence-corrected chi connectivity index (χ3v) is 4.19. The topological polar surface area (TPSA) is 64.0 Å². The highest BCUT2D eigenvalue weighted by molar-refractivity contribution is 6.31. The Kier molecular flexibility index (Phi) is 5.71. The van der Waals surface area contributed by atoms with Crippen LogP contribution < -0.4 is 10.9 Å². The Hall–Kier alpha value is -2.63. The lowest BCUT2D eigenvalue weighted by molar-refractivity contribution is 0.0951. The second-order valence-corrected chi connectivity index (χ2v) is 6.43. The van der Waals surface area contributed by atoms with Gasteiger partial charge in [-0.2, -0.15) is 5.10 Å². The van der Waals surface area contributed by atoms with E-state index in [0.717, 1.165) is 5.56 Å². The molecule has 1 aromatic heterocycles. The molecule has 0 bridgehead atoms. The normalized spacial score (nSPS) is 10.5. The Morgan fingerprint density at radius 3 is 2.50 bits per heavy atom. The molecule has 3 rings (SSSR count). The zero-order chi connectivity index (χ0) is 18.5. The Balaban J connectivity index is 1.68. The molecule has 1 amide bonds. The van der Waals surface area contributed by atoms with Gasteiger partial charge in [0, 0.05) is 33.8 Å². The van der Waals surface area contributed by atoms with Crippen molar-refractivity contribution in [1.82, 2.24) is 15.1 Å². The lowest BCUT2D eigenvalue weighted by Crippen LogP contribution is -2.31. The lowest BCUT2D eigenvalue weighted by atomic mass is 10.1. The van der Waals surface area contributed by atoms with Crippen LogP contribution in [0.2, 0.25) is 10.0 Å². The van der Waals surface area contributed by atoms with Crippen molar-refractivity contribution in [2.45, 2.75) is 6.54 Å². The van der Waals surface area contributed by atoms with Gasteiger partial charge in [-0.05, 0) is 36.4 Å². The van der Waals surface area contributed by atoms with E-state index in [2.05, 4.69) is 10.4 Å². The molecule has 1 heterocycles. The van der Waals surface area contributed by atoms with Gasteiger partial charge in [0.05, 0.1) is 12.2 Å². The van der Waals surface area contributed by atoms with Gasteiger partial charge < -0.3 is 5.32 Å². The highest BCUT2D eigenvalue weighted by Crippen LogP contribution is 2.18. The number of hydrogen-bond acceptors (Lipinski definition) is 3. The Labute approximate surface area is 160 Å². The number of amides is 1. The maximum Gasteiger partial charge on any atom is 0.266 e. The molecule has 0 aliphatic heterocycles. The van der Waals surface area contributed by atoms with Crippen LogP contribution in [0, 0.1) is 0 Å². The van der Waals surface area contributed by atoms with Crippen LogP contribution in [0.25, 0.3) is 11.3 Å². The van der Waals surface area contributed by atoms with E-state index in [1.165, 1.54) is 10.7 Å². The van der Waals surface area contributed by atoms with Crippen LogP contribution in [-0.4, -0.2) is 22.2 Å². The predicted molar refractivity (Wildman–Crippen MR) is 103 cm³/mol. The number of nitrogens with one attached hydrogen (secondary N) is 1. The average molecular weight is 388 g/mol. The number of carbonyl (C=O) groups excluding carboxylic acids is 1. The van der Waals surface area contributed by atoms with Gasteiger partial charge in [0.15, 0.2) is 0 Å². The smallest absolute Gasteiger partial charge is 0.266 e. The van der Waals surface area contributed by atoms with Gasteiger partial charge in [-0.25, -0.2) is 4.68 Å². The van der Waals surface area contributed by atoms with E-state index < -0.39 is 0 Å². The van der Waals surface area contributed by atoms with Crippen molar-refractivity contribution in [1.29, 1.82) is 0 Å². The number of hydrogen-bond donors (Lipinski definition) is 1. The van der Waals surface area contributed by atoms with E-state index >= 15 is 0 Å². The van der Waals surface area contributed by atoms with Crippen molar-refractivity contribution < 1.29 is 4.79 Å². The number of rotatable bonds is 5. The molecule has 0 atom stereocenters. The molecule has 2 aromatic carbocycles. The molecule has 7 heteroatoms. The molecule has 0 spiro atoms. The average Bonchev–Trinajstić information content (AvgIpc) is 2.64. The highest BCUT2D eigenvalue weighted by Gasteiger charge is 2.07. The molecular formula is C19H15Cl2N3O2. The summed E-state index contributed by atoms with van der Waals surface area (Å²) in [4.78, 5) is 24.1. The summed E-state index contributed by atoms with van der Waals surface area (Å²) >= 11 is 11.8. The molecule has 0 unspecified atom stereocenters. The molecule has 3 aromatic rings.